The molecule has 0 aliphatic carbocycles. The zero-order chi connectivity index (χ0) is 15.0. The molecule has 0 spiro atoms. The van der Waals surface area contributed by atoms with Crippen LogP contribution in [0.25, 0.3) is 11.0 Å². The molecule has 0 unspecified atom stereocenters. The van der Waals surface area contributed by atoms with E-state index in [-0.39, 0.29) is 4.90 Å². The van der Waals surface area contributed by atoms with Crippen LogP contribution in [0.3, 0.4) is 0 Å². The van der Waals surface area contributed by atoms with Crippen molar-refractivity contribution in [3.05, 3.63) is 40.9 Å². The maximum absolute atomic E-state index is 12.5. The first-order valence-corrected chi connectivity index (χ1v) is 8.77. The van der Waals surface area contributed by atoms with Gasteiger partial charge in [0.05, 0.1) is 17.4 Å². The number of aromatic nitrogens is 2. The monoisotopic (exact) mass is 384 g/mol. The number of nitrogen functional groups attached to an aromatic ring is 1. The molecular weight excluding hydrogens is 376 g/mol. The Morgan fingerprint density at radius 1 is 1.19 bits per heavy atom. The highest BCUT2D eigenvalue weighted by molar-refractivity contribution is 9.10. The van der Waals surface area contributed by atoms with Gasteiger partial charge in [-0.15, -0.1) is 0 Å². The molecule has 0 atom stereocenters. The average molecular weight is 385 g/mol. The summed E-state index contributed by atoms with van der Waals surface area (Å²) in [7, 11) is -3.76. The normalized spacial score (nSPS) is 11.7. The quantitative estimate of drug-likeness (QED) is 0.676. The number of hydrogen-bond donors (Lipinski definition) is 2. The predicted octanol–water partition coefficient (Wildman–Crippen LogP) is 2.84. The van der Waals surface area contributed by atoms with Gasteiger partial charge in [-0.05, 0) is 46.3 Å². The van der Waals surface area contributed by atoms with E-state index in [9.17, 15) is 8.42 Å². The summed E-state index contributed by atoms with van der Waals surface area (Å²) in [4.78, 5) is 0.0949. The molecule has 0 fully saturated rings. The molecule has 9 heteroatoms. The van der Waals surface area contributed by atoms with Crippen molar-refractivity contribution >= 4 is 60.1 Å². The molecule has 0 amide bonds. The topological polar surface area (TPSA) is 98.0 Å². The largest absolute Gasteiger partial charge is 0.399 e. The van der Waals surface area contributed by atoms with Gasteiger partial charge in [0.1, 0.15) is 15.9 Å². The van der Waals surface area contributed by atoms with E-state index in [0.29, 0.717) is 26.9 Å². The fourth-order valence-corrected chi connectivity index (χ4v) is 4.29. The lowest BCUT2D eigenvalue weighted by atomic mass is 10.3. The van der Waals surface area contributed by atoms with Crippen LogP contribution in [0.4, 0.5) is 11.4 Å². The first-order valence-electron chi connectivity index (χ1n) is 5.76. The second-order valence-electron chi connectivity index (χ2n) is 4.23. The molecule has 21 heavy (non-hydrogen) atoms. The smallest absolute Gasteiger partial charge is 0.264 e. The Labute approximate surface area is 133 Å². The molecule has 0 saturated heterocycles. The molecule has 1 aromatic heterocycles. The van der Waals surface area contributed by atoms with E-state index in [1.807, 2.05) is 0 Å². The minimum absolute atomic E-state index is 0.0949. The number of halogens is 1. The van der Waals surface area contributed by atoms with Crippen LogP contribution in [0.15, 0.2) is 45.8 Å². The van der Waals surface area contributed by atoms with Crippen LogP contribution in [-0.2, 0) is 10.0 Å². The van der Waals surface area contributed by atoms with Gasteiger partial charge in [-0.1, -0.05) is 6.07 Å². The number of hydrogen-bond acceptors (Lipinski definition) is 6. The zero-order valence-electron chi connectivity index (χ0n) is 10.4. The Morgan fingerprint density at radius 3 is 2.76 bits per heavy atom. The van der Waals surface area contributed by atoms with Crippen LogP contribution in [0, 0.1) is 0 Å². The third-order valence-electron chi connectivity index (χ3n) is 2.78. The maximum atomic E-state index is 12.5. The molecule has 2 aromatic carbocycles. The summed E-state index contributed by atoms with van der Waals surface area (Å²) in [5.41, 5.74) is 7.50. The summed E-state index contributed by atoms with van der Waals surface area (Å²) in [5, 5.41) is 0. The highest BCUT2D eigenvalue weighted by atomic mass is 79.9. The number of fused-ring (bicyclic) bond motifs is 1. The van der Waals surface area contributed by atoms with Gasteiger partial charge in [-0.25, -0.2) is 8.42 Å². The molecule has 0 radical (unpaired) electrons. The van der Waals surface area contributed by atoms with Crippen molar-refractivity contribution in [2.24, 2.45) is 0 Å². The Kier molecular flexibility index (Phi) is 3.56. The summed E-state index contributed by atoms with van der Waals surface area (Å²) in [6.07, 6.45) is 0. The minimum atomic E-state index is -3.76. The molecule has 3 aromatic rings. The lowest BCUT2D eigenvalue weighted by Gasteiger charge is -2.10. The molecule has 3 N–H and O–H groups in total. The third kappa shape index (κ3) is 2.71. The Balaban J connectivity index is 2.06. The van der Waals surface area contributed by atoms with Gasteiger partial charge in [0.25, 0.3) is 10.0 Å². The van der Waals surface area contributed by atoms with Crippen molar-refractivity contribution in [3.8, 4) is 0 Å². The van der Waals surface area contributed by atoms with Gasteiger partial charge in [0.2, 0.25) is 0 Å². The lowest BCUT2D eigenvalue weighted by Crippen LogP contribution is -2.14. The number of nitrogens with one attached hydrogen (secondary N) is 1. The SMILES string of the molecule is Nc1ccc(NS(=O)(=O)c2cccc3nsnc23)c(Br)c1. The summed E-state index contributed by atoms with van der Waals surface area (Å²) >= 11 is 4.26. The number of anilines is 2. The standard InChI is InChI=1S/C12H9BrN4O2S2/c13-8-6-7(14)4-5-9(8)17-21(18,19)11-3-1-2-10-12(11)16-20-15-10/h1-6,17H,14H2. The Hall–Kier alpha value is -1.71. The lowest BCUT2D eigenvalue weighted by molar-refractivity contribution is 0.602. The van der Waals surface area contributed by atoms with E-state index >= 15 is 0 Å². The van der Waals surface area contributed by atoms with Crippen molar-refractivity contribution in [2.75, 3.05) is 10.5 Å². The first kappa shape index (κ1) is 14.2. The number of nitrogens with two attached hydrogens (primary N) is 1. The molecule has 0 aliphatic rings. The third-order valence-corrected chi connectivity index (χ3v) is 5.37. The number of benzene rings is 2. The average Bonchev–Trinajstić information content (AvgIpc) is 2.90. The number of sulfonamides is 1. The van der Waals surface area contributed by atoms with Crippen molar-refractivity contribution in [3.63, 3.8) is 0 Å². The molecule has 0 saturated carbocycles. The van der Waals surface area contributed by atoms with Gasteiger partial charge in [-0.3, -0.25) is 4.72 Å². The van der Waals surface area contributed by atoms with Crippen LogP contribution >= 0.6 is 27.7 Å². The van der Waals surface area contributed by atoms with Crippen LogP contribution < -0.4 is 10.5 Å². The second kappa shape index (κ2) is 5.24. The highest BCUT2D eigenvalue weighted by Crippen LogP contribution is 2.28. The zero-order valence-corrected chi connectivity index (χ0v) is 13.7. The minimum Gasteiger partial charge on any atom is -0.399 e. The summed E-state index contributed by atoms with van der Waals surface area (Å²) in [6, 6.07) is 9.69. The van der Waals surface area contributed by atoms with Crippen molar-refractivity contribution < 1.29 is 8.42 Å². The van der Waals surface area contributed by atoms with Gasteiger partial charge >= 0.3 is 0 Å². The van der Waals surface area contributed by atoms with Crippen molar-refractivity contribution in [1.82, 2.24) is 8.75 Å². The Morgan fingerprint density at radius 2 is 2.00 bits per heavy atom. The Bertz CT molecular complexity index is 924. The summed E-state index contributed by atoms with van der Waals surface area (Å²) in [6.45, 7) is 0. The van der Waals surface area contributed by atoms with E-state index in [1.54, 1.807) is 30.3 Å². The maximum Gasteiger partial charge on any atom is 0.264 e. The van der Waals surface area contributed by atoms with Crippen molar-refractivity contribution in [2.45, 2.75) is 4.90 Å². The molecule has 0 aliphatic heterocycles. The molecule has 0 bridgehead atoms. The van der Waals surface area contributed by atoms with Gasteiger partial charge < -0.3 is 5.73 Å². The number of nitrogens with zero attached hydrogens (tertiary/aromatic N) is 2. The van der Waals surface area contributed by atoms with Gasteiger partial charge in [-0.2, -0.15) is 8.75 Å². The molecule has 3 rings (SSSR count). The van der Waals surface area contributed by atoms with Gasteiger partial charge in [0.15, 0.2) is 0 Å². The summed E-state index contributed by atoms with van der Waals surface area (Å²) < 4.78 is 36.2. The fourth-order valence-electron chi connectivity index (χ4n) is 1.81. The fraction of sp³-hybridized carbons (Fsp3) is 0. The predicted molar refractivity (Wildman–Crippen MR) is 86.8 cm³/mol. The second-order valence-corrected chi connectivity index (χ2v) is 7.27. The van der Waals surface area contributed by atoms with Crippen LogP contribution in [0.1, 0.15) is 0 Å². The molecular formula is C12H9BrN4O2S2. The van der Waals surface area contributed by atoms with E-state index in [2.05, 4.69) is 29.4 Å². The number of rotatable bonds is 3. The van der Waals surface area contributed by atoms with Crippen LogP contribution in [0.5, 0.6) is 0 Å². The van der Waals surface area contributed by atoms with E-state index < -0.39 is 10.0 Å². The van der Waals surface area contributed by atoms with E-state index in [1.165, 1.54) is 6.07 Å². The van der Waals surface area contributed by atoms with E-state index in [0.717, 1.165) is 11.7 Å². The summed E-state index contributed by atoms with van der Waals surface area (Å²) in [5.74, 6) is 0. The van der Waals surface area contributed by atoms with Crippen molar-refractivity contribution in [1.29, 1.82) is 0 Å². The molecule has 108 valence electrons. The van der Waals surface area contributed by atoms with E-state index in [4.69, 9.17) is 5.73 Å². The highest BCUT2D eigenvalue weighted by Gasteiger charge is 2.20. The molecule has 6 nitrogen and oxygen atoms in total. The molecule has 1 heterocycles. The van der Waals surface area contributed by atoms with Crippen LogP contribution in [-0.4, -0.2) is 17.2 Å². The first-order chi connectivity index (χ1) is 9.97. The van der Waals surface area contributed by atoms with Crippen LogP contribution in [0.2, 0.25) is 0 Å². The van der Waals surface area contributed by atoms with Gasteiger partial charge in [0, 0.05) is 10.2 Å².